The predicted octanol–water partition coefficient (Wildman–Crippen LogP) is 2.70. The molecule has 1 atom stereocenters. The zero-order valence-electron chi connectivity index (χ0n) is 12.0. The van der Waals surface area contributed by atoms with E-state index in [9.17, 15) is 9.59 Å². The summed E-state index contributed by atoms with van der Waals surface area (Å²) in [4.78, 5) is 25.6. The van der Waals surface area contributed by atoms with E-state index in [0.29, 0.717) is 11.4 Å². The van der Waals surface area contributed by atoms with Crippen molar-refractivity contribution in [2.75, 3.05) is 6.54 Å². The van der Waals surface area contributed by atoms with Crippen LogP contribution in [0.3, 0.4) is 0 Å². The number of ether oxygens (including phenoxy) is 1. The van der Waals surface area contributed by atoms with E-state index in [4.69, 9.17) is 4.74 Å². The minimum Gasteiger partial charge on any atom is -0.448 e. The second-order valence-electron chi connectivity index (χ2n) is 5.06. The van der Waals surface area contributed by atoms with Gasteiger partial charge in [0.2, 0.25) is 0 Å². The fraction of sp³-hybridized carbons (Fsp3) is 0.600. The van der Waals surface area contributed by atoms with E-state index in [0.717, 1.165) is 12.8 Å². The zero-order valence-corrected chi connectivity index (χ0v) is 12.8. The van der Waals surface area contributed by atoms with Gasteiger partial charge < -0.3 is 10.1 Å². The molecule has 20 heavy (non-hydrogen) atoms. The number of nitrogens with one attached hydrogen (secondary N) is 1. The molecule has 0 spiro atoms. The Labute approximate surface area is 123 Å². The van der Waals surface area contributed by atoms with Gasteiger partial charge in [0.25, 0.3) is 5.91 Å². The lowest BCUT2D eigenvalue weighted by molar-refractivity contribution is -0.128. The number of rotatable bonds is 4. The first kappa shape index (κ1) is 15.0. The van der Waals surface area contributed by atoms with Gasteiger partial charge in [-0.2, -0.15) is 0 Å². The molecular formula is C15H21NO3S. The third-order valence-corrected chi connectivity index (χ3v) is 4.67. The molecule has 0 bridgehead atoms. The lowest BCUT2D eigenvalue weighted by atomic mass is 10.1. The van der Waals surface area contributed by atoms with Crippen molar-refractivity contribution in [1.82, 2.24) is 5.32 Å². The fourth-order valence-corrected chi connectivity index (χ4v) is 3.49. The zero-order chi connectivity index (χ0) is 14.5. The summed E-state index contributed by atoms with van der Waals surface area (Å²) in [5, 5.41) is 2.65. The van der Waals surface area contributed by atoms with E-state index < -0.39 is 6.10 Å². The van der Waals surface area contributed by atoms with Crippen LogP contribution in [0.2, 0.25) is 0 Å². The number of carbonyl (C=O) groups is 2. The summed E-state index contributed by atoms with van der Waals surface area (Å²) in [5.74, 6) is -0.638. The van der Waals surface area contributed by atoms with Crippen LogP contribution < -0.4 is 5.32 Å². The van der Waals surface area contributed by atoms with E-state index >= 15 is 0 Å². The first-order valence-corrected chi connectivity index (χ1v) is 8.03. The fourth-order valence-electron chi connectivity index (χ4n) is 2.36. The maximum absolute atomic E-state index is 12.1. The minimum atomic E-state index is -0.746. The Bertz CT molecular complexity index is 472. The van der Waals surface area contributed by atoms with E-state index in [1.54, 1.807) is 6.92 Å². The van der Waals surface area contributed by atoms with Crippen LogP contribution in [0.4, 0.5) is 0 Å². The normalized spacial score (nSPS) is 15.9. The number of thiophene rings is 1. The van der Waals surface area contributed by atoms with E-state index in [1.165, 1.54) is 41.0 Å². The van der Waals surface area contributed by atoms with Gasteiger partial charge in [0, 0.05) is 11.4 Å². The molecule has 0 fully saturated rings. The maximum atomic E-state index is 12.1. The second-order valence-corrected chi connectivity index (χ2v) is 6.20. The van der Waals surface area contributed by atoms with Crippen molar-refractivity contribution in [2.24, 2.45) is 0 Å². The van der Waals surface area contributed by atoms with Crippen molar-refractivity contribution in [2.45, 2.75) is 52.1 Å². The van der Waals surface area contributed by atoms with Crippen molar-refractivity contribution >= 4 is 23.2 Å². The molecule has 1 aromatic rings. The van der Waals surface area contributed by atoms with E-state index in [-0.39, 0.29) is 11.9 Å². The Morgan fingerprint density at radius 1 is 1.35 bits per heavy atom. The summed E-state index contributed by atoms with van der Waals surface area (Å²) in [6.07, 6.45) is 4.99. The third kappa shape index (κ3) is 3.60. The Morgan fingerprint density at radius 2 is 2.10 bits per heavy atom. The molecule has 0 aliphatic heterocycles. The molecule has 2 rings (SSSR count). The molecule has 110 valence electrons. The Balaban J connectivity index is 2.01. The van der Waals surface area contributed by atoms with Crippen LogP contribution in [0.25, 0.3) is 0 Å². The first-order chi connectivity index (χ1) is 9.61. The Kier molecular flexibility index (Phi) is 5.17. The van der Waals surface area contributed by atoms with Gasteiger partial charge in [0.15, 0.2) is 6.10 Å². The molecule has 0 saturated heterocycles. The highest BCUT2D eigenvalue weighted by Gasteiger charge is 2.21. The highest BCUT2D eigenvalue weighted by molar-refractivity contribution is 7.14. The number of fused-ring (bicyclic) bond motifs is 1. The van der Waals surface area contributed by atoms with Crippen LogP contribution in [-0.2, 0) is 22.4 Å². The van der Waals surface area contributed by atoms with E-state index in [2.05, 4.69) is 5.32 Å². The average molecular weight is 295 g/mol. The minimum absolute atomic E-state index is 0.251. The molecule has 0 unspecified atom stereocenters. The monoisotopic (exact) mass is 295 g/mol. The number of likely N-dealkylation sites (N-methyl/N-ethyl adjacent to an activating group) is 1. The molecule has 0 saturated carbocycles. The summed E-state index contributed by atoms with van der Waals surface area (Å²) >= 11 is 1.52. The SMILES string of the molecule is CCNC(=O)[C@H](C)OC(=O)c1cc2c(s1)CCCCC2. The standard InChI is InChI=1S/C15H21NO3S/c1-3-16-14(17)10(2)19-15(18)13-9-11-7-5-4-6-8-12(11)20-13/h9-10H,3-8H2,1-2H3,(H,16,17)/t10-/m0/s1. The Hall–Kier alpha value is -1.36. The molecule has 1 aliphatic rings. The number of esters is 1. The summed E-state index contributed by atoms with van der Waals surface area (Å²) in [7, 11) is 0. The maximum Gasteiger partial charge on any atom is 0.349 e. The Morgan fingerprint density at radius 3 is 2.85 bits per heavy atom. The molecule has 1 amide bonds. The largest absolute Gasteiger partial charge is 0.448 e. The molecule has 5 heteroatoms. The van der Waals surface area contributed by atoms with Gasteiger partial charge in [-0.05, 0) is 51.2 Å². The lowest BCUT2D eigenvalue weighted by Gasteiger charge is -2.11. The number of hydrogen-bond acceptors (Lipinski definition) is 4. The predicted molar refractivity (Wildman–Crippen MR) is 79.1 cm³/mol. The van der Waals surface area contributed by atoms with Crippen LogP contribution in [-0.4, -0.2) is 24.5 Å². The van der Waals surface area contributed by atoms with Crippen molar-refractivity contribution in [3.05, 3.63) is 21.4 Å². The smallest absolute Gasteiger partial charge is 0.349 e. The van der Waals surface area contributed by atoms with Crippen LogP contribution in [0.1, 0.15) is 53.2 Å². The number of hydrogen-bond donors (Lipinski definition) is 1. The number of carbonyl (C=O) groups excluding carboxylic acids is 2. The van der Waals surface area contributed by atoms with Crippen molar-refractivity contribution in [3.8, 4) is 0 Å². The molecule has 4 nitrogen and oxygen atoms in total. The number of amides is 1. The molecular weight excluding hydrogens is 274 g/mol. The first-order valence-electron chi connectivity index (χ1n) is 7.22. The van der Waals surface area contributed by atoms with Crippen LogP contribution in [0.5, 0.6) is 0 Å². The summed E-state index contributed by atoms with van der Waals surface area (Å²) in [5.41, 5.74) is 1.28. The number of aryl methyl sites for hydroxylation is 2. The highest BCUT2D eigenvalue weighted by atomic mass is 32.1. The van der Waals surface area contributed by atoms with Crippen LogP contribution in [0, 0.1) is 0 Å². The molecule has 0 radical (unpaired) electrons. The van der Waals surface area contributed by atoms with Crippen molar-refractivity contribution < 1.29 is 14.3 Å². The van der Waals surface area contributed by atoms with Crippen LogP contribution >= 0.6 is 11.3 Å². The summed E-state index contributed by atoms with van der Waals surface area (Å²) in [6.45, 7) is 3.97. The topological polar surface area (TPSA) is 55.4 Å². The van der Waals surface area contributed by atoms with Gasteiger partial charge in [0.05, 0.1) is 0 Å². The van der Waals surface area contributed by atoms with Gasteiger partial charge in [-0.1, -0.05) is 6.42 Å². The second kappa shape index (κ2) is 6.88. The molecule has 1 heterocycles. The highest BCUT2D eigenvalue weighted by Crippen LogP contribution is 2.29. The molecule has 1 aromatic heterocycles. The third-order valence-electron chi connectivity index (χ3n) is 3.45. The molecule has 1 N–H and O–H groups in total. The van der Waals surface area contributed by atoms with Crippen molar-refractivity contribution in [1.29, 1.82) is 0 Å². The van der Waals surface area contributed by atoms with Gasteiger partial charge in [-0.3, -0.25) is 4.79 Å². The average Bonchev–Trinajstić information content (AvgIpc) is 2.70. The lowest BCUT2D eigenvalue weighted by Crippen LogP contribution is -2.35. The summed E-state index contributed by atoms with van der Waals surface area (Å²) in [6, 6.07) is 1.94. The van der Waals surface area contributed by atoms with Gasteiger partial charge in [-0.15, -0.1) is 11.3 Å². The van der Waals surface area contributed by atoms with E-state index in [1.807, 2.05) is 13.0 Å². The van der Waals surface area contributed by atoms with Gasteiger partial charge in [-0.25, -0.2) is 4.79 Å². The molecule has 0 aromatic carbocycles. The van der Waals surface area contributed by atoms with Gasteiger partial charge in [0.1, 0.15) is 4.88 Å². The summed E-state index contributed by atoms with van der Waals surface area (Å²) < 4.78 is 5.22. The van der Waals surface area contributed by atoms with Gasteiger partial charge >= 0.3 is 5.97 Å². The van der Waals surface area contributed by atoms with Crippen LogP contribution in [0.15, 0.2) is 6.07 Å². The van der Waals surface area contributed by atoms with Crippen molar-refractivity contribution in [3.63, 3.8) is 0 Å². The quantitative estimate of drug-likeness (QED) is 0.686. The molecule has 1 aliphatic carbocycles.